The Hall–Kier alpha value is -4.97. The Labute approximate surface area is 240 Å². The fourth-order valence-corrected chi connectivity index (χ4v) is 4.09. The summed E-state index contributed by atoms with van der Waals surface area (Å²) in [5, 5.41) is 11.8. The van der Waals surface area contributed by atoms with Crippen LogP contribution in [0.2, 0.25) is 5.02 Å². The number of ether oxygens (including phenoxy) is 6. The van der Waals surface area contributed by atoms with E-state index in [1.807, 2.05) is 0 Å². The fraction of sp³-hybridized carbons (Fsp3) is 0.214. The summed E-state index contributed by atoms with van der Waals surface area (Å²) >= 11 is 6.04. The molecule has 4 rings (SSSR count). The van der Waals surface area contributed by atoms with Gasteiger partial charge < -0.3 is 28.4 Å². The smallest absolute Gasteiger partial charge is 0.292 e. The zero-order chi connectivity index (χ0) is 29.5. The molecule has 0 aliphatic carbocycles. The summed E-state index contributed by atoms with van der Waals surface area (Å²) in [6.07, 6.45) is 0. The van der Waals surface area contributed by atoms with Crippen molar-refractivity contribution >= 4 is 23.0 Å². The molecule has 3 aromatic carbocycles. The monoisotopic (exact) mass is 581 g/mol. The summed E-state index contributed by atoms with van der Waals surface area (Å²) in [5.74, 6) is 2.55. The first-order valence-corrected chi connectivity index (χ1v) is 12.4. The molecule has 12 nitrogen and oxygen atoms in total. The van der Waals surface area contributed by atoms with E-state index in [2.05, 4.69) is 25.7 Å². The summed E-state index contributed by atoms with van der Waals surface area (Å²) in [6, 6.07) is 13.5. The van der Waals surface area contributed by atoms with Crippen LogP contribution in [0.15, 0.2) is 58.4 Å². The lowest BCUT2D eigenvalue weighted by Crippen LogP contribution is -2.24. The molecule has 0 spiro atoms. The van der Waals surface area contributed by atoms with Gasteiger partial charge in [0.2, 0.25) is 11.5 Å². The Morgan fingerprint density at radius 3 is 1.78 bits per heavy atom. The predicted octanol–water partition coefficient (Wildman–Crippen LogP) is 4.40. The molecular formula is C28H28ClN5O7. The van der Waals surface area contributed by atoms with Gasteiger partial charge in [0, 0.05) is 28.3 Å². The van der Waals surface area contributed by atoms with Crippen molar-refractivity contribution in [3.8, 4) is 45.9 Å². The average molecular weight is 582 g/mol. The lowest BCUT2D eigenvalue weighted by molar-refractivity contribution is 0.324. The van der Waals surface area contributed by atoms with Gasteiger partial charge in [0.25, 0.3) is 5.56 Å². The van der Waals surface area contributed by atoms with Gasteiger partial charge >= 0.3 is 0 Å². The van der Waals surface area contributed by atoms with E-state index < -0.39 is 5.56 Å². The molecule has 0 aliphatic rings. The number of nitrogens with zero attached hydrogens (tertiary/aromatic N) is 3. The molecule has 0 bridgehead atoms. The summed E-state index contributed by atoms with van der Waals surface area (Å²) < 4.78 is 32.8. The molecule has 1 heterocycles. The molecule has 0 saturated heterocycles. The predicted molar refractivity (Wildman–Crippen MR) is 155 cm³/mol. The second-order valence-corrected chi connectivity index (χ2v) is 8.68. The fourth-order valence-electron chi connectivity index (χ4n) is 3.97. The van der Waals surface area contributed by atoms with Crippen molar-refractivity contribution in [3.05, 3.63) is 75.2 Å². The lowest BCUT2D eigenvalue weighted by Gasteiger charge is -2.16. The molecule has 0 radical (unpaired) electrons. The minimum atomic E-state index is -0.582. The van der Waals surface area contributed by atoms with E-state index in [1.54, 1.807) is 48.5 Å². The van der Waals surface area contributed by atoms with Gasteiger partial charge in [-0.1, -0.05) is 11.6 Å². The van der Waals surface area contributed by atoms with Crippen LogP contribution in [0.4, 0.5) is 5.69 Å². The van der Waals surface area contributed by atoms with Crippen molar-refractivity contribution in [3.63, 3.8) is 0 Å². The van der Waals surface area contributed by atoms with Crippen LogP contribution in [-0.2, 0) is 0 Å². The van der Waals surface area contributed by atoms with E-state index in [9.17, 15) is 4.79 Å². The van der Waals surface area contributed by atoms with Crippen molar-refractivity contribution < 1.29 is 28.4 Å². The third kappa shape index (κ3) is 6.12. The molecule has 0 saturated carbocycles. The van der Waals surface area contributed by atoms with Crippen LogP contribution < -0.4 is 39.4 Å². The van der Waals surface area contributed by atoms with Crippen molar-refractivity contribution in [2.45, 2.75) is 0 Å². The number of rotatable bonds is 11. The van der Waals surface area contributed by atoms with Gasteiger partial charge in [0.15, 0.2) is 34.5 Å². The molecule has 0 unspecified atom stereocenters. The first-order valence-electron chi connectivity index (χ1n) is 12.0. The Bertz CT molecular complexity index is 1570. The molecule has 4 aromatic rings. The number of anilines is 1. The van der Waals surface area contributed by atoms with E-state index in [1.165, 1.54) is 42.7 Å². The highest BCUT2D eigenvalue weighted by molar-refractivity contribution is 6.30. The Morgan fingerprint density at radius 1 is 0.780 bits per heavy atom. The van der Waals surface area contributed by atoms with Gasteiger partial charge in [-0.2, -0.15) is 10.2 Å². The Morgan fingerprint density at radius 2 is 1.29 bits per heavy atom. The molecule has 13 heteroatoms. The largest absolute Gasteiger partial charge is 0.493 e. The topological polar surface area (TPSA) is 138 Å². The number of hydrazone groups is 1. The molecule has 2 N–H and O–H groups in total. The maximum absolute atomic E-state index is 13.1. The van der Waals surface area contributed by atoms with Gasteiger partial charge in [-0.15, -0.1) is 0 Å². The number of halogens is 1. The van der Waals surface area contributed by atoms with E-state index in [4.69, 9.17) is 40.0 Å². The standard InChI is InChI=1S/C28H28ClN5O7/c1-36-19-11-16(12-20(37-2)25(19)40-5)23(32-31-18-13-21(38-3)26(41-6)22(14-18)39-4)24-28(35)34-33-27(30-24)15-7-9-17(29)10-8-15/h7-14,31H,1-6H3,(H,34,35)/b32-23-. The quantitative estimate of drug-likeness (QED) is 0.193. The summed E-state index contributed by atoms with van der Waals surface area (Å²) in [6.45, 7) is 0. The highest BCUT2D eigenvalue weighted by atomic mass is 35.5. The molecule has 214 valence electrons. The van der Waals surface area contributed by atoms with Crippen molar-refractivity contribution in [1.82, 2.24) is 15.2 Å². The van der Waals surface area contributed by atoms with Crippen molar-refractivity contribution in [2.75, 3.05) is 48.1 Å². The molecular weight excluding hydrogens is 554 g/mol. The van der Waals surface area contributed by atoms with E-state index >= 15 is 0 Å². The van der Waals surface area contributed by atoms with E-state index in [-0.39, 0.29) is 17.2 Å². The molecule has 41 heavy (non-hydrogen) atoms. The highest BCUT2D eigenvalue weighted by Crippen LogP contribution is 2.41. The second kappa shape index (κ2) is 12.9. The lowest BCUT2D eigenvalue weighted by atomic mass is 10.1. The van der Waals surface area contributed by atoms with E-state index in [0.29, 0.717) is 56.3 Å². The normalized spacial score (nSPS) is 11.0. The first-order chi connectivity index (χ1) is 19.9. The van der Waals surface area contributed by atoms with Crippen LogP contribution >= 0.6 is 11.6 Å². The van der Waals surface area contributed by atoms with E-state index in [0.717, 1.165) is 0 Å². The van der Waals surface area contributed by atoms with Gasteiger partial charge in [-0.25, -0.2) is 10.1 Å². The SMILES string of the molecule is COc1cc(N/N=C(/c2cc(OC)c(OC)c(OC)c2)c2nc(-c3ccc(Cl)cc3)n[nH]c2=O)cc(OC)c1OC. The summed E-state index contributed by atoms with van der Waals surface area (Å²) in [5.41, 5.74) is 4.06. The molecule has 0 aliphatic heterocycles. The van der Waals surface area contributed by atoms with Crippen LogP contribution in [0, 0.1) is 0 Å². The van der Waals surface area contributed by atoms with Gasteiger partial charge in [0.05, 0.1) is 48.3 Å². The van der Waals surface area contributed by atoms with Gasteiger partial charge in [-0.05, 0) is 36.4 Å². The maximum Gasteiger partial charge on any atom is 0.292 e. The van der Waals surface area contributed by atoms with Crippen LogP contribution in [0.1, 0.15) is 11.3 Å². The zero-order valence-corrected chi connectivity index (χ0v) is 24.0. The number of methoxy groups -OCH3 is 6. The minimum Gasteiger partial charge on any atom is -0.493 e. The number of aromatic nitrogens is 3. The molecule has 1 aromatic heterocycles. The molecule has 0 amide bonds. The van der Waals surface area contributed by atoms with Crippen LogP contribution in [0.5, 0.6) is 34.5 Å². The third-order valence-corrected chi connectivity index (χ3v) is 6.17. The maximum atomic E-state index is 13.1. The minimum absolute atomic E-state index is 0.0286. The first kappa shape index (κ1) is 29.0. The second-order valence-electron chi connectivity index (χ2n) is 8.24. The van der Waals surface area contributed by atoms with Crippen LogP contribution in [0.3, 0.4) is 0 Å². The zero-order valence-electron chi connectivity index (χ0n) is 23.2. The Balaban J connectivity index is 1.93. The number of nitrogens with one attached hydrogen (secondary N) is 2. The number of hydrogen-bond acceptors (Lipinski definition) is 11. The average Bonchev–Trinajstić information content (AvgIpc) is 3.01. The van der Waals surface area contributed by atoms with Gasteiger partial charge in [0.1, 0.15) is 5.71 Å². The van der Waals surface area contributed by atoms with Crippen LogP contribution in [-0.4, -0.2) is 63.6 Å². The third-order valence-electron chi connectivity index (χ3n) is 5.92. The summed E-state index contributed by atoms with van der Waals surface area (Å²) in [4.78, 5) is 17.7. The van der Waals surface area contributed by atoms with Gasteiger partial charge in [-0.3, -0.25) is 10.2 Å². The molecule has 0 atom stereocenters. The number of aromatic amines is 1. The number of benzene rings is 3. The van der Waals surface area contributed by atoms with Crippen molar-refractivity contribution in [2.24, 2.45) is 5.10 Å². The highest BCUT2D eigenvalue weighted by Gasteiger charge is 2.22. The molecule has 0 fully saturated rings. The summed E-state index contributed by atoms with van der Waals surface area (Å²) in [7, 11) is 8.99. The van der Waals surface area contributed by atoms with Crippen molar-refractivity contribution in [1.29, 1.82) is 0 Å². The van der Waals surface area contributed by atoms with Crippen LogP contribution in [0.25, 0.3) is 11.4 Å². The number of hydrogen-bond donors (Lipinski definition) is 2. The number of H-pyrrole nitrogens is 1. The Kier molecular flexibility index (Phi) is 9.15.